The largest absolute Gasteiger partial charge is 0.459 e. The van der Waals surface area contributed by atoms with Gasteiger partial charge in [-0.05, 0) is 41.4 Å². The van der Waals surface area contributed by atoms with Gasteiger partial charge in [0, 0.05) is 0 Å². The van der Waals surface area contributed by atoms with Gasteiger partial charge in [0.2, 0.25) is 0 Å². The quantitative estimate of drug-likeness (QED) is 0.287. The lowest BCUT2D eigenvalue weighted by molar-refractivity contribution is -0.162. The number of benzene rings is 3. The van der Waals surface area contributed by atoms with E-state index < -0.39 is 51.1 Å². The Balaban J connectivity index is 1.82. The second kappa shape index (κ2) is 12.3. The molecule has 214 valence electrons. The molecule has 1 heterocycles. The van der Waals surface area contributed by atoms with Crippen LogP contribution >= 0.6 is 0 Å². The van der Waals surface area contributed by atoms with Crippen LogP contribution in [0.15, 0.2) is 91.0 Å². The van der Waals surface area contributed by atoms with Crippen molar-refractivity contribution in [1.82, 2.24) is 0 Å². The van der Waals surface area contributed by atoms with Crippen molar-refractivity contribution in [3.63, 3.8) is 0 Å². The Labute approximate surface area is 237 Å². The summed E-state index contributed by atoms with van der Waals surface area (Å²) >= 11 is 0. The average molecular weight is 565 g/mol. The van der Waals surface area contributed by atoms with Gasteiger partial charge in [0.1, 0.15) is 31.0 Å². The van der Waals surface area contributed by atoms with Gasteiger partial charge in [0.15, 0.2) is 5.79 Å². The molecular formula is C32H40O7Si. The van der Waals surface area contributed by atoms with Crippen molar-refractivity contribution in [2.45, 2.75) is 69.9 Å². The lowest BCUT2D eigenvalue weighted by atomic mass is 10.0. The first kappa shape index (κ1) is 30.1. The van der Waals surface area contributed by atoms with Crippen LogP contribution in [-0.2, 0) is 18.6 Å². The van der Waals surface area contributed by atoms with Gasteiger partial charge in [-0.1, -0.05) is 99.6 Å². The number of carbonyl (C=O) groups is 1. The van der Waals surface area contributed by atoms with Gasteiger partial charge in [-0.2, -0.15) is 0 Å². The zero-order chi connectivity index (χ0) is 29.0. The summed E-state index contributed by atoms with van der Waals surface area (Å²) in [6.07, 6.45) is -3.78. The molecule has 0 amide bonds. The number of aliphatic hydroxyl groups excluding tert-OH is 2. The molecule has 0 unspecified atom stereocenters. The van der Waals surface area contributed by atoms with Crippen molar-refractivity contribution in [2.75, 3.05) is 13.2 Å². The van der Waals surface area contributed by atoms with E-state index in [1.165, 1.54) is 0 Å². The number of ether oxygens (including phenoxy) is 3. The maximum Gasteiger partial charge on any atom is 0.338 e. The molecule has 1 saturated heterocycles. The number of aliphatic hydroxyl groups is 2. The summed E-state index contributed by atoms with van der Waals surface area (Å²) in [4.78, 5) is 13.0. The molecule has 2 N–H and O–H groups in total. The van der Waals surface area contributed by atoms with Crippen LogP contribution in [0.25, 0.3) is 0 Å². The minimum Gasteiger partial charge on any atom is -0.459 e. The van der Waals surface area contributed by atoms with Gasteiger partial charge in [0.05, 0.1) is 12.2 Å². The summed E-state index contributed by atoms with van der Waals surface area (Å²) in [5.74, 6) is -1.55. The van der Waals surface area contributed by atoms with E-state index >= 15 is 0 Å². The second-order valence-corrected chi connectivity index (χ2v) is 15.9. The molecule has 0 bridgehead atoms. The van der Waals surface area contributed by atoms with Crippen molar-refractivity contribution in [1.29, 1.82) is 0 Å². The van der Waals surface area contributed by atoms with Gasteiger partial charge in [0.25, 0.3) is 8.32 Å². The molecule has 0 spiro atoms. The van der Waals surface area contributed by atoms with Crippen LogP contribution in [0.1, 0.15) is 45.0 Å². The predicted molar refractivity (Wildman–Crippen MR) is 156 cm³/mol. The van der Waals surface area contributed by atoms with E-state index in [1.807, 2.05) is 42.5 Å². The van der Waals surface area contributed by atoms with Crippen LogP contribution in [0.5, 0.6) is 0 Å². The molecule has 8 heteroatoms. The zero-order valence-electron chi connectivity index (χ0n) is 23.8. The standard InChI is InChI=1S/C32H40O7Si/c1-31(2,3)40(24-17-11-7-12-18-24,25-19-13-8-14-20-25)39-27(22-36-30(35)23-15-9-6-10-16-23)29-28(26(34)21-33)37-32(4,5)38-29/h6-20,26-29,33-34H,21-22H2,1-5H3/t26-,27-,28-,29-/m1/s1. The lowest BCUT2D eigenvalue weighted by Gasteiger charge is -2.46. The molecular weight excluding hydrogens is 524 g/mol. The molecule has 0 radical (unpaired) electrons. The van der Waals surface area contributed by atoms with Crippen LogP contribution in [0.4, 0.5) is 0 Å². The molecule has 1 aliphatic rings. The van der Waals surface area contributed by atoms with E-state index in [0.29, 0.717) is 5.56 Å². The third-order valence-electron chi connectivity index (χ3n) is 7.23. The molecule has 0 saturated carbocycles. The Morgan fingerprint density at radius 1 is 0.875 bits per heavy atom. The van der Waals surface area contributed by atoms with Crippen LogP contribution < -0.4 is 10.4 Å². The van der Waals surface area contributed by atoms with Crippen molar-refractivity contribution in [2.24, 2.45) is 0 Å². The molecule has 3 aromatic carbocycles. The molecule has 1 aliphatic heterocycles. The maximum absolute atomic E-state index is 13.0. The number of carbonyl (C=O) groups excluding carboxylic acids is 1. The fourth-order valence-corrected chi connectivity index (χ4v) is 10.1. The highest BCUT2D eigenvalue weighted by molar-refractivity contribution is 6.99. The topological polar surface area (TPSA) is 94.5 Å². The van der Waals surface area contributed by atoms with Gasteiger partial charge >= 0.3 is 5.97 Å². The molecule has 3 aromatic rings. The SMILES string of the molecule is CC1(C)O[C@H]([C@H](O)CO)[C@@H]([C@@H](COC(=O)c2ccccc2)O[Si](c2ccccc2)(c2ccccc2)C(C)(C)C)O1. The average Bonchev–Trinajstić information content (AvgIpc) is 3.28. The predicted octanol–water partition coefficient (Wildman–Crippen LogP) is 3.66. The minimum absolute atomic E-state index is 0.142. The number of hydrogen-bond acceptors (Lipinski definition) is 7. The molecule has 0 aromatic heterocycles. The molecule has 4 rings (SSSR count). The highest BCUT2D eigenvalue weighted by atomic mass is 28.4. The minimum atomic E-state index is -3.12. The summed E-state index contributed by atoms with van der Waals surface area (Å²) in [7, 11) is -3.12. The van der Waals surface area contributed by atoms with Crippen molar-refractivity contribution in [3.8, 4) is 0 Å². The number of hydrogen-bond donors (Lipinski definition) is 2. The van der Waals surface area contributed by atoms with Gasteiger partial charge in [-0.15, -0.1) is 0 Å². The van der Waals surface area contributed by atoms with Crippen molar-refractivity contribution in [3.05, 3.63) is 96.6 Å². The molecule has 4 atom stereocenters. The maximum atomic E-state index is 13.0. The van der Waals surface area contributed by atoms with Crippen molar-refractivity contribution >= 4 is 24.7 Å². The van der Waals surface area contributed by atoms with E-state index in [9.17, 15) is 15.0 Å². The van der Waals surface area contributed by atoms with Gasteiger partial charge in [-0.3, -0.25) is 0 Å². The highest BCUT2D eigenvalue weighted by Crippen LogP contribution is 2.40. The monoisotopic (exact) mass is 564 g/mol. The summed E-state index contributed by atoms with van der Waals surface area (Å²) in [5, 5.41) is 22.3. The number of rotatable bonds is 10. The summed E-state index contributed by atoms with van der Waals surface area (Å²) in [6.45, 7) is 9.31. The first-order valence-corrected chi connectivity index (χ1v) is 15.5. The van der Waals surface area contributed by atoms with Crippen molar-refractivity contribution < 1.29 is 33.6 Å². The van der Waals surface area contributed by atoms with Gasteiger partial charge < -0.3 is 28.8 Å². The normalized spacial score (nSPS) is 20.6. The third-order valence-corrected chi connectivity index (χ3v) is 12.3. The molecule has 0 aliphatic carbocycles. The Morgan fingerprint density at radius 3 is 1.82 bits per heavy atom. The summed E-state index contributed by atoms with van der Waals surface area (Å²) < 4.78 is 25.6. The Hall–Kier alpha value is -2.85. The smallest absolute Gasteiger partial charge is 0.338 e. The highest BCUT2D eigenvalue weighted by Gasteiger charge is 2.56. The van der Waals surface area contributed by atoms with E-state index in [-0.39, 0.29) is 11.6 Å². The second-order valence-electron chi connectivity index (χ2n) is 11.6. The fourth-order valence-electron chi connectivity index (χ4n) is 5.44. The Kier molecular flexibility index (Phi) is 9.29. The third kappa shape index (κ3) is 6.38. The zero-order valence-corrected chi connectivity index (χ0v) is 24.8. The van der Waals surface area contributed by atoms with E-state index in [2.05, 4.69) is 45.0 Å². The van der Waals surface area contributed by atoms with Crippen LogP contribution in [0.2, 0.25) is 5.04 Å². The Morgan fingerprint density at radius 2 is 1.35 bits per heavy atom. The summed E-state index contributed by atoms with van der Waals surface area (Å²) in [5.41, 5.74) is 0.419. The number of esters is 1. The van der Waals surface area contributed by atoms with Gasteiger partial charge in [-0.25, -0.2) is 4.79 Å². The van der Waals surface area contributed by atoms with Crippen LogP contribution in [-0.4, -0.2) is 67.9 Å². The Bertz CT molecular complexity index is 1190. The van der Waals surface area contributed by atoms with Crippen LogP contribution in [0, 0.1) is 0 Å². The first-order valence-electron chi connectivity index (χ1n) is 13.6. The molecule has 40 heavy (non-hydrogen) atoms. The van der Waals surface area contributed by atoms with Crippen LogP contribution in [0.3, 0.4) is 0 Å². The fraction of sp³-hybridized carbons (Fsp3) is 0.406. The summed E-state index contributed by atoms with van der Waals surface area (Å²) in [6, 6.07) is 29.0. The first-order chi connectivity index (χ1) is 19.0. The lowest BCUT2D eigenvalue weighted by Crippen LogP contribution is -2.69. The molecule has 1 fully saturated rings. The van der Waals surface area contributed by atoms with E-state index in [1.54, 1.807) is 38.1 Å². The molecule has 7 nitrogen and oxygen atoms in total. The van der Waals surface area contributed by atoms with E-state index in [4.69, 9.17) is 18.6 Å². The van der Waals surface area contributed by atoms with E-state index in [0.717, 1.165) is 10.4 Å².